The lowest BCUT2D eigenvalue weighted by molar-refractivity contribution is 0.0877. The van der Waals surface area contributed by atoms with Gasteiger partial charge in [0.2, 0.25) is 0 Å². The highest BCUT2D eigenvalue weighted by Gasteiger charge is 2.16. The fraction of sp³-hybridized carbons (Fsp3) is 0.214. The van der Waals surface area contributed by atoms with Crippen molar-refractivity contribution in [1.82, 2.24) is 5.32 Å². The van der Waals surface area contributed by atoms with Gasteiger partial charge in [-0.2, -0.15) is 0 Å². The molecule has 0 unspecified atom stereocenters. The summed E-state index contributed by atoms with van der Waals surface area (Å²) in [5.74, 6) is -0.637. The molecule has 0 aromatic heterocycles. The molecule has 0 spiro atoms. The maximum Gasteiger partial charge on any atom is 0.255 e. The zero-order valence-corrected chi connectivity index (χ0v) is 10.2. The molecule has 5 heteroatoms. The summed E-state index contributed by atoms with van der Waals surface area (Å²) >= 11 is 0. The Morgan fingerprint density at radius 1 is 1.11 bits per heavy atom. The summed E-state index contributed by atoms with van der Waals surface area (Å²) in [6.07, 6.45) is 0. The second-order valence-corrected chi connectivity index (χ2v) is 4.22. The average Bonchev–Trinajstić information content (AvgIpc) is 2.45. The van der Waals surface area contributed by atoms with Gasteiger partial charge in [-0.15, -0.1) is 0 Å². The van der Waals surface area contributed by atoms with E-state index in [1.165, 1.54) is 6.07 Å². The van der Waals surface area contributed by atoms with Crippen LogP contribution in [0.1, 0.15) is 10.4 Å². The zero-order chi connectivity index (χ0) is 13.8. The largest absolute Gasteiger partial charge is 0.506 e. The molecule has 100 valence electrons. The average molecular weight is 261 g/mol. The van der Waals surface area contributed by atoms with Crippen molar-refractivity contribution in [3.63, 3.8) is 0 Å². The minimum atomic E-state index is -0.738. The number of benzene rings is 2. The molecule has 0 heterocycles. The lowest BCUT2D eigenvalue weighted by atomic mass is 10.0. The highest BCUT2D eigenvalue weighted by Crippen LogP contribution is 2.28. The second-order valence-electron chi connectivity index (χ2n) is 4.22. The van der Waals surface area contributed by atoms with Gasteiger partial charge in [0.05, 0.1) is 24.8 Å². The van der Waals surface area contributed by atoms with Gasteiger partial charge in [-0.3, -0.25) is 4.79 Å². The maximum atomic E-state index is 11.9. The minimum absolute atomic E-state index is 0.106. The van der Waals surface area contributed by atoms with Crippen LogP contribution in [0.2, 0.25) is 0 Å². The van der Waals surface area contributed by atoms with Crippen LogP contribution in [0.25, 0.3) is 10.8 Å². The Labute approximate surface area is 110 Å². The van der Waals surface area contributed by atoms with Crippen LogP contribution >= 0.6 is 0 Å². The molecule has 0 atom stereocenters. The normalized spacial score (nSPS) is 10.9. The van der Waals surface area contributed by atoms with Crippen LogP contribution in [0.5, 0.6) is 5.75 Å². The Balaban J connectivity index is 2.35. The number of phenolic OH excluding ortho intramolecular Hbond substituents is 1. The SMILES string of the molecule is O=C(NC(CO)CO)c1ccc2ccccc2c1O. The van der Waals surface area contributed by atoms with E-state index in [1.54, 1.807) is 18.2 Å². The van der Waals surface area contributed by atoms with E-state index in [1.807, 2.05) is 12.1 Å². The molecule has 0 aliphatic rings. The van der Waals surface area contributed by atoms with E-state index in [4.69, 9.17) is 10.2 Å². The third-order valence-electron chi connectivity index (χ3n) is 2.92. The summed E-state index contributed by atoms with van der Waals surface area (Å²) in [7, 11) is 0. The van der Waals surface area contributed by atoms with Gasteiger partial charge < -0.3 is 20.6 Å². The molecule has 0 saturated heterocycles. The molecule has 4 N–H and O–H groups in total. The number of hydrogen-bond acceptors (Lipinski definition) is 4. The zero-order valence-electron chi connectivity index (χ0n) is 10.2. The fourth-order valence-electron chi connectivity index (χ4n) is 1.85. The van der Waals surface area contributed by atoms with Crippen molar-refractivity contribution < 1.29 is 20.1 Å². The van der Waals surface area contributed by atoms with Gasteiger partial charge in [0, 0.05) is 5.39 Å². The monoisotopic (exact) mass is 261 g/mol. The number of phenols is 1. The molecule has 19 heavy (non-hydrogen) atoms. The molecule has 2 aromatic carbocycles. The van der Waals surface area contributed by atoms with Gasteiger partial charge in [-0.25, -0.2) is 0 Å². The number of nitrogens with one attached hydrogen (secondary N) is 1. The number of amides is 1. The molecule has 5 nitrogen and oxygen atoms in total. The van der Waals surface area contributed by atoms with E-state index in [-0.39, 0.29) is 24.5 Å². The third kappa shape index (κ3) is 2.67. The maximum absolute atomic E-state index is 11.9. The highest BCUT2D eigenvalue weighted by atomic mass is 16.3. The molecule has 0 saturated carbocycles. The lowest BCUT2D eigenvalue weighted by Gasteiger charge is -2.14. The third-order valence-corrected chi connectivity index (χ3v) is 2.92. The topological polar surface area (TPSA) is 89.8 Å². The number of aliphatic hydroxyl groups excluding tert-OH is 2. The molecule has 0 radical (unpaired) electrons. The van der Waals surface area contributed by atoms with E-state index in [0.29, 0.717) is 5.39 Å². The van der Waals surface area contributed by atoms with Gasteiger partial charge in [0.15, 0.2) is 0 Å². The predicted molar refractivity (Wildman–Crippen MR) is 71.0 cm³/mol. The molecule has 2 aromatic rings. The van der Waals surface area contributed by atoms with Gasteiger partial charge in [-0.05, 0) is 11.5 Å². The summed E-state index contributed by atoms with van der Waals surface area (Å²) in [6.45, 7) is -0.729. The van der Waals surface area contributed by atoms with Gasteiger partial charge in [-0.1, -0.05) is 30.3 Å². The van der Waals surface area contributed by atoms with Crippen LogP contribution in [0.4, 0.5) is 0 Å². The number of hydrogen-bond donors (Lipinski definition) is 4. The van der Waals surface area contributed by atoms with E-state index < -0.39 is 11.9 Å². The van der Waals surface area contributed by atoms with Crippen molar-refractivity contribution in [2.45, 2.75) is 6.04 Å². The van der Waals surface area contributed by atoms with Gasteiger partial charge >= 0.3 is 0 Å². The van der Waals surface area contributed by atoms with Gasteiger partial charge in [0.25, 0.3) is 5.91 Å². The van der Waals surface area contributed by atoms with Crippen molar-refractivity contribution >= 4 is 16.7 Å². The first-order valence-corrected chi connectivity index (χ1v) is 5.90. The number of carbonyl (C=O) groups is 1. The summed E-state index contributed by atoms with van der Waals surface area (Å²) < 4.78 is 0. The van der Waals surface area contributed by atoms with E-state index in [2.05, 4.69) is 5.32 Å². The smallest absolute Gasteiger partial charge is 0.255 e. The Kier molecular flexibility index (Phi) is 3.99. The molecule has 0 fully saturated rings. The van der Waals surface area contributed by atoms with Crippen molar-refractivity contribution in [3.8, 4) is 5.75 Å². The number of fused-ring (bicyclic) bond motifs is 1. The van der Waals surface area contributed by atoms with E-state index in [9.17, 15) is 9.90 Å². The van der Waals surface area contributed by atoms with Crippen molar-refractivity contribution in [2.75, 3.05) is 13.2 Å². The molecular formula is C14H15NO4. The predicted octanol–water partition coefficient (Wildman–Crippen LogP) is 0.628. The Hall–Kier alpha value is -2.11. The molecular weight excluding hydrogens is 246 g/mol. The first-order chi connectivity index (χ1) is 9.17. The lowest BCUT2D eigenvalue weighted by Crippen LogP contribution is -2.40. The Bertz CT molecular complexity index is 593. The fourth-order valence-corrected chi connectivity index (χ4v) is 1.85. The number of aromatic hydroxyl groups is 1. The summed E-state index contributed by atoms with van der Waals surface area (Å²) in [5.41, 5.74) is 0.116. The summed E-state index contributed by atoms with van der Waals surface area (Å²) in [6, 6.07) is 9.68. The summed E-state index contributed by atoms with van der Waals surface area (Å²) in [5, 5.41) is 31.8. The minimum Gasteiger partial charge on any atom is -0.506 e. The first kappa shape index (κ1) is 13.3. The van der Waals surface area contributed by atoms with Crippen LogP contribution in [0, 0.1) is 0 Å². The first-order valence-electron chi connectivity index (χ1n) is 5.90. The molecule has 0 aliphatic heterocycles. The van der Waals surface area contributed by atoms with E-state index in [0.717, 1.165) is 5.39 Å². The van der Waals surface area contributed by atoms with Crippen LogP contribution in [0.3, 0.4) is 0 Å². The molecule has 0 aliphatic carbocycles. The number of aliphatic hydroxyl groups is 2. The van der Waals surface area contributed by atoms with Crippen LogP contribution in [0.15, 0.2) is 36.4 Å². The number of carbonyl (C=O) groups excluding carboxylic acids is 1. The Morgan fingerprint density at radius 2 is 1.79 bits per heavy atom. The Morgan fingerprint density at radius 3 is 2.47 bits per heavy atom. The summed E-state index contributed by atoms with van der Waals surface area (Å²) in [4.78, 5) is 11.9. The molecule has 1 amide bonds. The van der Waals surface area contributed by atoms with Crippen LogP contribution in [-0.2, 0) is 0 Å². The second kappa shape index (κ2) is 5.69. The van der Waals surface area contributed by atoms with Crippen molar-refractivity contribution in [2.24, 2.45) is 0 Å². The van der Waals surface area contributed by atoms with Crippen molar-refractivity contribution in [1.29, 1.82) is 0 Å². The van der Waals surface area contributed by atoms with Gasteiger partial charge in [0.1, 0.15) is 5.75 Å². The quantitative estimate of drug-likeness (QED) is 0.650. The molecule has 2 rings (SSSR count). The standard InChI is InChI=1S/C14H15NO4/c16-7-10(8-17)15-14(19)12-6-5-9-3-1-2-4-11(9)13(12)18/h1-6,10,16-18H,7-8H2,(H,15,19). The highest BCUT2D eigenvalue weighted by molar-refractivity contribution is 6.03. The van der Waals surface area contributed by atoms with Crippen LogP contribution in [-0.4, -0.2) is 40.5 Å². The number of rotatable bonds is 4. The molecule has 0 bridgehead atoms. The van der Waals surface area contributed by atoms with Crippen LogP contribution < -0.4 is 5.32 Å². The van der Waals surface area contributed by atoms with Crippen molar-refractivity contribution in [3.05, 3.63) is 42.0 Å². The van der Waals surface area contributed by atoms with E-state index >= 15 is 0 Å².